The average molecular weight is 1080 g/mol. The van der Waals surface area contributed by atoms with Crippen LogP contribution in [-0.2, 0) is 51.4 Å². The van der Waals surface area contributed by atoms with Gasteiger partial charge in [-0.3, -0.25) is 53.2 Å². The van der Waals surface area contributed by atoms with Gasteiger partial charge in [0.05, 0.1) is 19.6 Å². The molecule has 2 heterocycles. The lowest BCUT2D eigenvalue weighted by atomic mass is 10.1. The SMILES string of the molecule is O=C(O)CC[C@@H](NC(=O)N[C@H](CCCCN(Cc1ccc(Br)nc1)C(=O)c1ccc(CNC(=O)CCC(C(=O)O)N2CCN(CC(=O)O)CCN(CC(=O)O)CCN(CC(=O)O)CC2)cc1)C(=O)O)C(=O)O. The summed E-state index contributed by atoms with van der Waals surface area (Å²) in [4.78, 5) is 133. The van der Waals surface area contributed by atoms with E-state index in [1.54, 1.807) is 62.2 Å². The number of urea groups is 1. The van der Waals surface area contributed by atoms with Crippen LogP contribution in [0.3, 0.4) is 0 Å². The molecule has 0 bridgehead atoms. The molecule has 0 radical (unpaired) electrons. The van der Waals surface area contributed by atoms with Crippen LogP contribution in [-0.4, -0.2) is 222 Å². The molecule has 1 aromatic carbocycles. The largest absolute Gasteiger partial charge is 0.481 e. The lowest BCUT2D eigenvalue weighted by Gasteiger charge is -2.35. The third-order valence-corrected chi connectivity index (χ3v) is 12.0. The van der Waals surface area contributed by atoms with Gasteiger partial charge in [0.15, 0.2) is 0 Å². The molecule has 0 saturated carbocycles. The van der Waals surface area contributed by atoms with Gasteiger partial charge in [0.1, 0.15) is 22.7 Å². The lowest BCUT2D eigenvalue weighted by molar-refractivity contribution is -0.145. The van der Waals surface area contributed by atoms with E-state index in [0.717, 1.165) is 0 Å². The first-order valence-electron chi connectivity index (χ1n) is 22.9. The summed E-state index contributed by atoms with van der Waals surface area (Å²) in [6, 6.07) is 4.51. The smallest absolute Gasteiger partial charge is 0.326 e. The van der Waals surface area contributed by atoms with E-state index in [0.29, 0.717) is 15.7 Å². The van der Waals surface area contributed by atoms with Crippen molar-refractivity contribution in [3.63, 3.8) is 0 Å². The standard InChI is InChI=1S/C45H62BrN9O17/c46-35-11-6-30(24-47-35)25-55(14-2-1-3-32(42(66)67)49-45(72)50-33(43(68)69)9-13-37(57)58)41(65)31-7-4-29(5-8-31)23-48-36(56)12-10-34(44(70)71)54-21-19-52(27-39(61)62)17-15-51(26-38(59)60)16-18-53(20-22-54)28-40(63)64/h4-8,11,24,32-34H,1-3,9-10,12-23,25-28H2,(H,48,56)(H,57,58)(H,59,60)(H,61,62)(H,63,64)(H,66,67)(H,68,69)(H,70,71)(H2,49,50,72)/t32-,33-,34?/m1/s1. The Bertz CT molecular complexity index is 2160. The van der Waals surface area contributed by atoms with Gasteiger partial charge in [-0.2, -0.15) is 0 Å². The molecule has 3 atom stereocenters. The van der Waals surface area contributed by atoms with Crippen LogP contribution in [0.15, 0.2) is 47.2 Å². The van der Waals surface area contributed by atoms with Gasteiger partial charge in [-0.05, 0) is 77.4 Å². The van der Waals surface area contributed by atoms with Crippen LogP contribution in [0, 0.1) is 0 Å². The number of halogens is 1. The Balaban J connectivity index is 1.64. The number of benzene rings is 1. The third kappa shape index (κ3) is 23.0. The van der Waals surface area contributed by atoms with E-state index in [-0.39, 0.29) is 122 Å². The van der Waals surface area contributed by atoms with Gasteiger partial charge in [-0.25, -0.2) is 19.4 Å². The summed E-state index contributed by atoms with van der Waals surface area (Å²) in [7, 11) is 0. The monoisotopic (exact) mass is 1080 g/mol. The summed E-state index contributed by atoms with van der Waals surface area (Å²) in [5.74, 6) is -9.65. The molecule has 1 aliphatic rings. The highest BCUT2D eigenvalue weighted by molar-refractivity contribution is 9.10. The number of hydrogen-bond donors (Lipinski definition) is 10. The van der Waals surface area contributed by atoms with Gasteiger partial charge < -0.3 is 56.6 Å². The summed E-state index contributed by atoms with van der Waals surface area (Å²) >= 11 is 3.28. The Labute approximate surface area is 422 Å². The summed E-state index contributed by atoms with van der Waals surface area (Å²) in [6.45, 7) is 0.0569. The minimum Gasteiger partial charge on any atom is -0.481 e. The normalized spacial score (nSPS) is 15.6. The number of rotatable bonds is 28. The van der Waals surface area contributed by atoms with Gasteiger partial charge in [0.2, 0.25) is 5.91 Å². The number of pyridine rings is 1. The van der Waals surface area contributed by atoms with E-state index >= 15 is 0 Å². The van der Waals surface area contributed by atoms with Crippen LogP contribution >= 0.6 is 15.9 Å². The third-order valence-electron chi connectivity index (χ3n) is 11.5. The summed E-state index contributed by atoms with van der Waals surface area (Å²) in [5, 5.41) is 73.8. The Morgan fingerprint density at radius 3 is 1.54 bits per heavy atom. The van der Waals surface area contributed by atoms with Crippen molar-refractivity contribution in [2.24, 2.45) is 0 Å². The number of carboxylic acid groups (broad SMARTS) is 7. The molecule has 1 unspecified atom stereocenters. The van der Waals surface area contributed by atoms with Gasteiger partial charge in [0, 0.05) is 96.6 Å². The molecule has 0 aliphatic carbocycles. The molecule has 1 fully saturated rings. The topological polar surface area (TPSA) is 377 Å². The highest BCUT2D eigenvalue weighted by atomic mass is 79.9. The van der Waals surface area contributed by atoms with Crippen molar-refractivity contribution in [2.75, 3.05) is 78.5 Å². The molecule has 2 aromatic rings. The Morgan fingerprint density at radius 2 is 1.08 bits per heavy atom. The van der Waals surface area contributed by atoms with Crippen molar-refractivity contribution in [3.05, 3.63) is 63.9 Å². The number of carbonyl (C=O) groups excluding carboxylic acids is 3. The van der Waals surface area contributed by atoms with Gasteiger partial charge in [-0.15, -0.1) is 0 Å². The maximum atomic E-state index is 13.9. The Hall–Kier alpha value is -6.81. The van der Waals surface area contributed by atoms with Crippen LogP contribution in [0.5, 0.6) is 0 Å². The van der Waals surface area contributed by atoms with Gasteiger partial charge in [-0.1, -0.05) is 18.2 Å². The first kappa shape index (κ1) is 59.5. The zero-order valence-electron chi connectivity index (χ0n) is 39.4. The van der Waals surface area contributed by atoms with Crippen molar-refractivity contribution < 1.29 is 83.7 Å². The second-order valence-electron chi connectivity index (χ2n) is 17.0. The molecule has 1 aromatic heterocycles. The van der Waals surface area contributed by atoms with Crippen molar-refractivity contribution in [1.82, 2.24) is 45.4 Å². The van der Waals surface area contributed by atoms with Crippen molar-refractivity contribution in [2.45, 2.75) is 76.2 Å². The Kier molecular flexibility index (Phi) is 25.5. The molecule has 3 rings (SSSR count). The highest BCUT2D eigenvalue weighted by Crippen LogP contribution is 2.16. The Morgan fingerprint density at radius 1 is 0.583 bits per heavy atom. The van der Waals surface area contributed by atoms with E-state index < -0.39 is 97.8 Å². The molecule has 0 spiro atoms. The average Bonchev–Trinajstić information content (AvgIpc) is 3.30. The molecular formula is C45H62BrN9O17. The zero-order valence-corrected chi connectivity index (χ0v) is 41.0. The van der Waals surface area contributed by atoms with Crippen LogP contribution in [0.2, 0.25) is 0 Å². The number of carbonyl (C=O) groups is 10. The summed E-state index contributed by atoms with van der Waals surface area (Å²) in [5.41, 5.74) is 1.57. The first-order valence-corrected chi connectivity index (χ1v) is 23.7. The second kappa shape index (κ2) is 30.8. The number of amides is 4. The molecule has 396 valence electrons. The summed E-state index contributed by atoms with van der Waals surface area (Å²) < 4.78 is 0.567. The number of aliphatic carboxylic acids is 7. The molecule has 27 heteroatoms. The molecule has 4 amide bonds. The molecule has 26 nitrogen and oxygen atoms in total. The summed E-state index contributed by atoms with van der Waals surface area (Å²) in [6.07, 6.45) is 0.641. The number of aromatic nitrogens is 1. The first-order chi connectivity index (χ1) is 34.1. The maximum Gasteiger partial charge on any atom is 0.326 e. The lowest BCUT2D eigenvalue weighted by Crippen LogP contribution is -2.52. The van der Waals surface area contributed by atoms with E-state index in [9.17, 15) is 78.6 Å². The van der Waals surface area contributed by atoms with Gasteiger partial charge >= 0.3 is 47.8 Å². The predicted octanol–water partition coefficient (Wildman–Crippen LogP) is 0.0522. The maximum absolute atomic E-state index is 13.9. The fourth-order valence-electron chi connectivity index (χ4n) is 7.64. The predicted molar refractivity (Wildman–Crippen MR) is 255 cm³/mol. The quantitative estimate of drug-likeness (QED) is 0.0398. The van der Waals surface area contributed by atoms with Crippen LogP contribution in [0.1, 0.15) is 66.4 Å². The van der Waals surface area contributed by atoms with Crippen LogP contribution in [0.25, 0.3) is 0 Å². The van der Waals surface area contributed by atoms with Crippen LogP contribution in [0.4, 0.5) is 4.79 Å². The van der Waals surface area contributed by atoms with E-state index in [1.165, 1.54) is 4.90 Å². The minimum atomic E-state index is -1.57. The van der Waals surface area contributed by atoms with Crippen molar-refractivity contribution >= 4 is 75.6 Å². The number of nitrogens with zero attached hydrogens (tertiary/aromatic N) is 6. The van der Waals surface area contributed by atoms with E-state index in [2.05, 4.69) is 36.9 Å². The molecule has 10 N–H and O–H groups in total. The van der Waals surface area contributed by atoms with Crippen molar-refractivity contribution in [3.8, 4) is 0 Å². The van der Waals surface area contributed by atoms with Gasteiger partial charge in [0.25, 0.3) is 5.91 Å². The molecular weight excluding hydrogens is 1020 g/mol. The van der Waals surface area contributed by atoms with E-state index in [1.807, 2.05) is 0 Å². The number of nitrogens with one attached hydrogen (secondary N) is 3. The van der Waals surface area contributed by atoms with Crippen LogP contribution < -0.4 is 16.0 Å². The highest BCUT2D eigenvalue weighted by Gasteiger charge is 2.29. The van der Waals surface area contributed by atoms with E-state index in [4.69, 9.17) is 5.11 Å². The molecule has 72 heavy (non-hydrogen) atoms. The fourth-order valence-corrected chi connectivity index (χ4v) is 7.88. The zero-order chi connectivity index (χ0) is 53.3. The fraction of sp³-hybridized carbons (Fsp3) is 0.533. The molecule has 1 saturated heterocycles. The number of hydrogen-bond acceptors (Lipinski definition) is 15. The van der Waals surface area contributed by atoms with Crippen molar-refractivity contribution in [1.29, 1.82) is 0 Å². The second-order valence-corrected chi connectivity index (χ2v) is 17.8. The number of unbranched alkanes of at least 4 members (excludes halogenated alkanes) is 1. The minimum absolute atomic E-state index is 0.0202. The molecule has 1 aliphatic heterocycles. The number of carboxylic acids is 7.